The van der Waals surface area contributed by atoms with Gasteiger partial charge in [0, 0.05) is 24.5 Å². The highest BCUT2D eigenvalue weighted by Gasteiger charge is 2.22. The van der Waals surface area contributed by atoms with Gasteiger partial charge in [-0.3, -0.25) is 4.98 Å². The Morgan fingerprint density at radius 3 is 2.93 bits per heavy atom. The standard InChI is InChI=1S/C13H20N2/c1-10-5-6-13(8-10)15-11(2)12-4-3-7-14-9-12/h3-4,7,9-11,13,15H,5-6,8H2,1-2H3. The van der Waals surface area contributed by atoms with Crippen molar-refractivity contribution < 1.29 is 0 Å². The van der Waals surface area contributed by atoms with Crippen molar-refractivity contribution in [2.45, 2.75) is 45.2 Å². The average Bonchev–Trinajstić information content (AvgIpc) is 2.65. The lowest BCUT2D eigenvalue weighted by Gasteiger charge is -2.19. The van der Waals surface area contributed by atoms with Crippen LogP contribution in [0.3, 0.4) is 0 Å². The first-order valence-corrected chi connectivity index (χ1v) is 5.91. The van der Waals surface area contributed by atoms with E-state index < -0.39 is 0 Å². The van der Waals surface area contributed by atoms with Gasteiger partial charge in [-0.2, -0.15) is 0 Å². The summed E-state index contributed by atoms with van der Waals surface area (Å²) < 4.78 is 0. The average molecular weight is 204 g/mol. The predicted octanol–water partition coefficient (Wildman–Crippen LogP) is 2.92. The minimum atomic E-state index is 0.425. The smallest absolute Gasteiger partial charge is 0.0315 e. The summed E-state index contributed by atoms with van der Waals surface area (Å²) in [5.74, 6) is 0.892. The van der Waals surface area contributed by atoms with E-state index in [-0.39, 0.29) is 0 Å². The quantitative estimate of drug-likeness (QED) is 0.819. The van der Waals surface area contributed by atoms with E-state index in [9.17, 15) is 0 Å². The van der Waals surface area contributed by atoms with Crippen molar-refractivity contribution in [3.8, 4) is 0 Å². The number of hydrogen-bond donors (Lipinski definition) is 1. The minimum absolute atomic E-state index is 0.425. The Balaban J connectivity index is 1.90. The number of aromatic nitrogens is 1. The zero-order chi connectivity index (χ0) is 10.7. The molecule has 0 aromatic carbocycles. The highest BCUT2D eigenvalue weighted by Crippen LogP contribution is 2.26. The molecule has 1 heterocycles. The molecule has 15 heavy (non-hydrogen) atoms. The molecule has 1 aliphatic carbocycles. The Kier molecular flexibility index (Phi) is 3.37. The van der Waals surface area contributed by atoms with Crippen LogP contribution < -0.4 is 5.32 Å². The monoisotopic (exact) mass is 204 g/mol. The van der Waals surface area contributed by atoms with Crippen molar-refractivity contribution in [3.63, 3.8) is 0 Å². The fourth-order valence-corrected chi connectivity index (χ4v) is 2.44. The van der Waals surface area contributed by atoms with Crippen LogP contribution in [0.2, 0.25) is 0 Å². The zero-order valence-corrected chi connectivity index (χ0v) is 9.61. The number of nitrogens with one attached hydrogen (secondary N) is 1. The molecule has 2 heteroatoms. The molecule has 0 saturated heterocycles. The molecule has 1 aliphatic rings. The SMILES string of the molecule is CC1CCC(NC(C)c2cccnc2)C1. The van der Waals surface area contributed by atoms with Crippen LogP contribution >= 0.6 is 0 Å². The van der Waals surface area contributed by atoms with Crippen LogP contribution in [0, 0.1) is 5.92 Å². The molecule has 1 fully saturated rings. The number of pyridine rings is 1. The Labute approximate surface area is 92.1 Å². The maximum Gasteiger partial charge on any atom is 0.0315 e. The second kappa shape index (κ2) is 4.75. The van der Waals surface area contributed by atoms with Crippen molar-refractivity contribution in [1.29, 1.82) is 0 Å². The first kappa shape index (κ1) is 10.6. The molecule has 2 nitrogen and oxygen atoms in total. The molecule has 2 rings (SSSR count). The molecule has 1 N–H and O–H groups in total. The molecular weight excluding hydrogens is 184 g/mol. The van der Waals surface area contributed by atoms with E-state index in [0.717, 1.165) is 5.92 Å². The topological polar surface area (TPSA) is 24.9 Å². The summed E-state index contributed by atoms with van der Waals surface area (Å²) in [6.45, 7) is 4.57. The van der Waals surface area contributed by atoms with E-state index in [1.807, 2.05) is 18.5 Å². The van der Waals surface area contributed by atoms with E-state index >= 15 is 0 Å². The van der Waals surface area contributed by atoms with Gasteiger partial charge in [0.1, 0.15) is 0 Å². The molecule has 3 atom stereocenters. The van der Waals surface area contributed by atoms with Crippen LogP contribution in [-0.4, -0.2) is 11.0 Å². The Morgan fingerprint density at radius 2 is 2.33 bits per heavy atom. The second-order valence-corrected chi connectivity index (χ2v) is 4.79. The molecule has 0 spiro atoms. The van der Waals surface area contributed by atoms with Crippen molar-refractivity contribution >= 4 is 0 Å². The lowest BCUT2D eigenvalue weighted by Crippen LogP contribution is -2.29. The van der Waals surface area contributed by atoms with Crippen LogP contribution in [0.25, 0.3) is 0 Å². The highest BCUT2D eigenvalue weighted by molar-refractivity contribution is 5.13. The first-order chi connectivity index (χ1) is 7.25. The molecule has 1 saturated carbocycles. The fraction of sp³-hybridized carbons (Fsp3) is 0.615. The molecule has 0 bridgehead atoms. The van der Waals surface area contributed by atoms with Gasteiger partial charge in [0.25, 0.3) is 0 Å². The second-order valence-electron chi connectivity index (χ2n) is 4.79. The van der Waals surface area contributed by atoms with Gasteiger partial charge in [-0.05, 0) is 43.7 Å². The molecule has 1 aromatic heterocycles. The molecule has 0 amide bonds. The van der Waals surface area contributed by atoms with Crippen LogP contribution in [0.5, 0.6) is 0 Å². The number of hydrogen-bond acceptors (Lipinski definition) is 2. The lowest BCUT2D eigenvalue weighted by molar-refractivity contribution is 0.448. The summed E-state index contributed by atoms with van der Waals surface area (Å²) in [6, 6.07) is 5.28. The fourth-order valence-electron chi connectivity index (χ4n) is 2.44. The van der Waals surface area contributed by atoms with Gasteiger partial charge in [-0.1, -0.05) is 13.0 Å². The number of rotatable bonds is 3. The maximum absolute atomic E-state index is 4.16. The first-order valence-electron chi connectivity index (χ1n) is 5.91. The zero-order valence-electron chi connectivity index (χ0n) is 9.61. The molecule has 82 valence electrons. The summed E-state index contributed by atoms with van der Waals surface area (Å²) in [7, 11) is 0. The van der Waals surface area contributed by atoms with E-state index in [1.54, 1.807) is 0 Å². The van der Waals surface area contributed by atoms with E-state index in [4.69, 9.17) is 0 Å². The lowest BCUT2D eigenvalue weighted by atomic mass is 10.1. The van der Waals surface area contributed by atoms with Gasteiger partial charge >= 0.3 is 0 Å². The van der Waals surface area contributed by atoms with Gasteiger partial charge in [0.2, 0.25) is 0 Å². The van der Waals surface area contributed by atoms with Crippen LogP contribution in [-0.2, 0) is 0 Å². The molecule has 0 aliphatic heterocycles. The Morgan fingerprint density at radius 1 is 1.47 bits per heavy atom. The summed E-state index contributed by atoms with van der Waals surface area (Å²) in [6.07, 6.45) is 7.80. The van der Waals surface area contributed by atoms with Gasteiger partial charge in [0.15, 0.2) is 0 Å². The van der Waals surface area contributed by atoms with Crippen molar-refractivity contribution in [1.82, 2.24) is 10.3 Å². The van der Waals surface area contributed by atoms with Crippen molar-refractivity contribution in [3.05, 3.63) is 30.1 Å². The van der Waals surface area contributed by atoms with Crippen molar-refractivity contribution in [2.75, 3.05) is 0 Å². The van der Waals surface area contributed by atoms with Crippen molar-refractivity contribution in [2.24, 2.45) is 5.92 Å². The van der Waals surface area contributed by atoms with E-state index in [1.165, 1.54) is 24.8 Å². The van der Waals surface area contributed by atoms with Gasteiger partial charge in [-0.15, -0.1) is 0 Å². The summed E-state index contributed by atoms with van der Waals surface area (Å²) in [5, 5.41) is 3.69. The van der Waals surface area contributed by atoms with Crippen LogP contribution in [0.15, 0.2) is 24.5 Å². The third-order valence-electron chi connectivity index (χ3n) is 3.36. The summed E-state index contributed by atoms with van der Waals surface area (Å²) >= 11 is 0. The predicted molar refractivity (Wildman–Crippen MR) is 62.6 cm³/mol. The molecular formula is C13H20N2. The summed E-state index contributed by atoms with van der Waals surface area (Å²) in [4.78, 5) is 4.16. The third kappa shape index (κ3) is 2.78. The Bertz CT molecular complexity index is 297. The minimum Gasteiger partial charge on any atom is -0.307 e. The van der Waals surface area contributed by atoms with Crippen LogP contribution in [0.4, 0.5) is 0 Å². The molecule has 1 aromatic rings. The van der Waals surface area contributed by atoms with E-state index in [0.29, 0.717) is 12.1 Å². The van der Waals surface area contributed by atoms with Gasteiger partial charge in [0.05, 0.1) is 0 Å². The maximum atomic E-state index is 4.16. The van der Waals surface area contributed by atoms with Crippen LogP contribution in [0.1, 0.15) is 44.7 Å². The highest BCUT2D eigenvalue weighted by atomic mass is 15.0. The molecule has 3 unspecified atom stereocenters. The third-order valence-corrected chi connectivity index (χ3v) is 3.36. The normalized spacial score (nSPS) is 27.9. The summed E-state index contributed by atoms with van der Waals surface area (Å²) in [5.41, 5.74) is 1.29. The number of nitrogens with zero attached hydrogens (tertiary/aromatic N) is 1. The van der Waals surface area contributed by atoms with Gasteiger partial charge < -0.3 is 5.32 Å². The Hall–Kier alpha value is -0.890. The van der Waals surface area contributed by atoms with E-state index in [2.05, 4.69) is 30.2 Å². The molecule has 0 radical (unpaired) electrons. The largest absolute Gasteiger partial charge is 0.307 e. The van der Waals surface area contributed by atoms with Gasteiger partial charge in [-0.25, -0.2) is 0 Å².